The highest BCUT2D eigenvalue weighted by molar-refractivity contribution is 5.93. The summed E-state index contributed by atoms with van der Waals surface area (Å²) < 4.78 is 16.9. The van der Waals surface area contributed by atoms with Gasteiger partial charge in [0, 0.05) is 42.8 Å². The van der Waals surface area contributed by atoms with Crippen LogP contribution in [-0.2, 0) is 4.79 Å². The van der Waals surface area contributed by atoms with E-state index in [4.69, 9.17) is 0 Å². The third-order valence-electron chi connectivity index (χ3n) is 6.12. The molecular weight excluding hydrogens is 389 g/mol. The van der Waals surface area contributed by atoms with E-state index in [1.807, 2.05) is 23.3 Å². The van der Waals surface area contributed by atoms with Gasteiger partial charge in [-0.25, -0.2) is 9.18 Å². The van der Waals surface area contributed by atoms with Crippen LogP contribution in [0.15, 0.2) is 23.1 Å². The summed E-state index contributed by atoms with van der Waals surface area (Å²) in [5.74, 6) is -1.74. The van der Waals surface area contributed by atoms with Crippen molar-refractivity contribution in [1.29, 1.82) is 0 Å². The van der Waals surface area contributed by atoms with E-state index < -0.39 is 17.2 Å². The number of Topliss-reactive ketones (excluding diaryl/α,β-unsaturated/α-hetero) is 1. The standard InChI is InChI=1S/C22H26FN3O4/c1-12-8-24(9-13(2)25(12)10-14(3)27)20-7-19-16(6-18(20)23)21(28)17(22(29)30)11-26(19)15-4-5-15/h6-7,11-13,15H,4-5,8-10H2,1-3H3,(H,29,30). The molecule has 4 rings (SSSR count). The van der Waals surface area contributed by atoms with Crippen molar-refractivity contribution >= 4 is 28.3 Å². The Morgan fingerprint density at radius 1 is 1.17 bits per heavy atom. The minimum atomic E-state index is -1.30. The number of halogens is 1. The maximum Gasteiger partial charge on any atom is 0.341 e. The number of ketones is 1. The molecule has 1 saturated carbocycles. The first-order valence-corrected chi connectivity index (χ1v) is 10.3. The van der Waals surface area contributed by atoms with Crippen LogP contribution in [0.2, 0.25) is 0 Å². The molecule has 8 heteroatoms. The highest BCUT2D eigenvalue weighted by Crippen LogP contribution is 2.38. The number of carbonyl (C=O) groups is 2. The number of nitrogens with zero attached hydrogens (tertiary/aromatic N) is 3. The number of carbonyl (C=O) groups excluding carboxylic acids is 1. The zero-order valence-corrected chi connectivity index (χ0v) is 17.4. The topological polar surface area (TPSA) is 82.8 Å². The first-order valence-electron chi connectivity index (χ1n) is 10.3. The highest BCUT2D eigenvalue weighted by atomic mass is 19.1. The second-order valence-corrected chi connectivity index (χ2v) is 8.61. The number of rotatable bonds is 5. The maximum absolute atomic E-state index is 15.1. The van der Waals surface area contributed by atoms with Crippen LogP contribution in [0.5, 0.6) is 0 Å². The Morgan fingerprint density at radius 3 is 2.33 bits per heavy atom. The number of aromatic carboxylic acids is 1. The Hall–Kier alpha value is -2.74. The SMILES string of the molecule is CC(=O)CN1C(C)CN(c2cc3c(cc2F)c(=O)c(C(=O)O)cn3C2CC2)CC1C. The molecule has 2 fully saturated rings. The van der Waals surface area contributed by atoms with Crippen molar-refractivity contribution in [2.45, 2.75) is 51.7 Å². The van der Waals surface area contributed by atoms with Gasteiger partial charge in [-0.05, 0) is 45.7 Å². The lowest BCUT2D eigenvalue weighted by molar-refractivity contribution is -0.119. The fourth-order valence-electron chi connectivity index (χ4n) is 4.53. The van der Waals surface area contributed by atoms with E-state index in [1.165, 1.54) is 12.3 Å². The molecule has 2 atom stereocenters. The largest absolute Gasteiger partial charge is 0.477 e. The number of pyridine rings is 1. The van der Waals surface area contributed by atoms with Crippen molar-refractivity contribution in [3.63, 3.8) is 0 Å². The Labute approximate surface area is 173 Å². The maximum atomic E-state index is 15.1. The minimum absolute atomic E-state index is 0.0627. The molecule has 7 nitrogen and oxygen atoms in total. The third kappa shape index (κ3) is 3.60. The lowest BCUT2D eigenvalue weighted by atomic mass is 10.0. The molecule has 2 aliphatic rings. The first kappa shape index (κ1) is 20.5. The second-order valence-electron chi connectivity index (χ2n) is 8.61. The van der Waals surface area contributed by atoms with Crippen molar-refractivity contribution in [2.75, 3.05) is 24.5 Å². The Bertz CT molecular complexity index is 1080. The number of hydrogen-bond donors (Lipinski definition) is 1. The lowest BCUT2D eigenvalue weighted by Crippen LogP contribution is -2.58. The van der Waals surface area contributed by atoms with Crippen LogP contribution in [0.25, 0.3) is 10.9 Å². The number of anilines is 1. The summed E-state index contributed by atoms with van der Waals surface area (Å²) in [6, 6.07) is 3.11. The van der Waals surface area contributed by atoms with Crippen LogP contribution in [0.4, 0.5) is 10.1 Å². The predicted octanol–water partition coefficient (Wildman–Crippen LogP) is 2.66. The number of benzene rings is 1. The van der Waals surface area contributed by atoms with Crippen molar-refractivity contribution in [1.82, 2.24) is 9.47 Å². The molecule has 30 heavy (non-hydrogen) atoms. The van der Waals surface area contributed by atoms with Gasteiger partial charge in [0.2, 0.25) is 5.43 Å². The molecule has 1 saturated heterocycles. The Morgan fingerprint density at radius 2 is 1.80 bits per heavy atom. The number of fused-ring (bicyclic) bond motifs is 1. The molecule has 1 aliphatic carbocycles. The summed E-state index contributed by atoms with van der Waals surface area (Å²) in [5.41, 5.74) is -0.0228. The van der Waals surface area contributed by atoms with Gasteiger partial charge in [-0.3, -0.25) is 14.5 Å². The first-order chi connectivity index (χ1) is 14.2. The van der Waals surface area contributed by atoms with Gasteiger partial charge in [0.05, 0.1) is 17.7 Å². The normalized spacial score (nSPS) is 22.5. The predicted molar refractivity (Wildman–Crippen MR) is 112 cm³/mol. The highest BCUT2D eigenvalue weighted by Gasteiger charge is 2.32. The smallest absolute Gasteiger partial charge is 0.341 e. The molecule has 0 amide bonds. The van der Waals surface area contributed by atoms with E-state index in [0.717, 1.165) is 12.8 Å². The number of piperazine rings is 1. The monoisotopic (exact) mass is 415 g/mol. The summed E-state index contributed by atoms with van der Waals surface area (Å²) >= 11 is 0. The van der Waals surface area contributed by atoms with Crippen molar-refractivity contribution in [2.24, 2.45) is 0 Å². The minimum Gasteiger partial charge on any atom is -0.477 e. The zero-order valence-electron chi connectivity index (χ0n) is 17.4. The molecule has 2 aromatic rings. The van der Waals surface area contributed by atoms with Crippen LogP contribution in [-0.4, -0.2) is 58.0 Å². The molecule has 0 bridgehead atoms. The van der Waals surface area contributed by atoms with Gasteiger partial charge in [0.1, 0.15) is 17.2 Å². The number of carboxylic acid groups (broad SMARTS) is 1. The summed E-state index contributed by atoms with van der Waals surface area (Å²) in [5, 5.41) is 9.48. The van der Waals surface area contributed by atoms with Gasteiger partial charge >= 0.3 is 5.97 Å². The van der Waals surface area contributed by atoms with Crippen LogP contribution in [0, 0.1) is 5.82 Å². The van der Waals surface area contributed by atoms with Gasteiger partial charge in [0.15, 0.2) is 0 Å². The third-order valence-corrected chi connectivity index (χ3v) is 6.12. The van der Waals surface area contributed by atoms with Gasteiger partial charge < -0.3 is 14.6 Å². The molecule has 1 aromatic heterocycles. The van der Waals surface area contributed by atoms with Gasteiger partial charge in [0.25, 0.3) is 0 Å². The fourth-order valence-corrected chi connectivity index (χ4v) is 4.53. The van der Waals surface area contributed by atoms with Crippen LogP contribution in [0.3, 0.4) is 0 Å². The van der Waals surface area contributed by atoms with E-state index in [0.29, 0.717) is 30.8 Å². The molecule has 2 unspecified atom stereocenters. The molecular formula is C22H26FN3O4. The average Bonchev–Trinajstić information content (AvgIpc) is 3.49. The molecule has 1 aromatic carbocycles. The van der Waals surface area contributed by atoms with Crippen molar-refractivity contribution < 1.29 is 19.1 Å². The van der Waals surface area contributed by atoms with Crippen molar-refractivity contribution in [3.8, 4) is 0 Å². The van der Waals surface area contributed by atoms with Gasteiger partial charge in [-0.15, -0.1) is 0 Å². The zero-order chi connectivity index (χ0) is 21.7. The van der Waals surface area contributed by atoms with E-state index in [9.17, 15) is 19.5 Å². The molecule has 0 spiro atoms. The second kappa shape index (κ2) is 7.50. The molecule has 160 valence electrons. The summed E-state index contributed by atoms with van der Waals surface area (Å²) in [6.07, 6.45) is 3.20. The molecule has 0 radical (unpaired) electrons. The Kier molecular flexibility index (Phi) is 5.13. The molecule has 1 aliphatic heterocycles. The molecule has 2 heterocycles. The van der Waals surface area contributed by atoms with Crippen LogP contribution >= 0.6 is 0 Å². The summed E-state index contributed by atoms with van der Waals surface area (Å²) in [4.78, 5) is 39.8. The summed E-state index contributed by atoms with van der Waals surface area (Å²) in [6.45, 7) is 7.09. The van der Waals surface area contributed by atoms with E-state index in [-0.39, 0.29) is 34.9 Å². The summed E-state index contributed by atoms with van der Waals surface area (Å²) in [7, 11) is 0. The van der Waals surface area contributed by atoms with E-state index >= 15 is 4.39 Å². The van der Waals surface area contributed by atoms with Gasteiger partial charge in [-0.2, -0.15) is 0 Å². The van der Waals surface area contributed by atoms with Crippen LogP contribution < -0.4 is 10.3 Å². The van der Waals surface area contributed by atoms with Crippen LogP contribution in [0.1, 0.15) is 50.0 Å². The quantitative estimate of drug-likeness (QED) is 0.809. The average molecular weight is 415 g/mol. The molecule has 1 N–H and O–H groups in total. The number of hydrogen-bond acceptors (Lipinski definition) is 5. The fraction of sp³-hybridized carbons (Fsp3) is 0.500. The van der Waals surface area contributed by atoms with E-state index in [2.05, 4.69) is 4.90 Å². The Balaban J connectivity index is 1.78. The number of aromatic nitrogens is 1. The van der Waals surface area contributed by atoms with Gasteiger partial charge in [-0.1, -0.05) is 0 Å². The lowest BCUT2D eigenvalue weighted by Gasteiger charge is -2.45. The van der Waals surface area contributed by atoms with Crippen molar-refractivity contribution in [3.05, 3.63) is 39.9 Å². The van der Waals surface area contributed by atoms with E-state index in [1.54, 1.807) is 13.0 Å². The number of carboxylic acids is 1.